The zero-order chi connectivity index (χ0) is 8.10. The molecule has 0 aliphatic heterocycles. The molecule has 0 atom stereocenters. The summed E-state index contributed by atoms with van der Waals surface area (Å²) in [6, 6.07) is 8.67. The molecule has 0 aliphatic rings. The Balaban J connectivity index is 2.39. The van der Waals surface area contributed by atoms with E-state index in [1.165, 1.54) is 0 Å². The number of benzene rings is 1. The maximum Gasteiger partial charge on any atom is 0.337 e. The monoisotopic (exact) mass is 155 g/mol. The maximum absolute atomic E-state index is 11.5. The van der Waals surface area contributed by atoms with Gasteiger partial charge in [-0.25, -0.2) is 0 Å². The Morgan fingerprint density at radius 1 is 1.18 bits per heavy atom. The van der Waals surface area contributed by atoms with E-state index in [0.29, 0.717) is 5.46 Å². The summed E-state index contributed by atoms with van der Waals surface area (Å²) in [5.74, 6) is 0. The van der Waals surface area contributed by atoms with Crippen molar-refractivity contribution in [1.82, 2.24) is 0 Å². The molecule has 11 heavy (non-hydrogen) atoms. The third kappa shape index (κ3) is 3.14. The van der Waals surface area contributed by atoms with Crippen LogP contribution in [0.4, 0.5) is 8.78 Å². The van der Waals surface area contributed by atoms with Gasteiger partial charge in [0.2, 0.25) is 0 Å². The first-order valence-electron chi connectivity index (χ1n) is 3.11. The second kappa shape index (κ2) is 4.08. The lowest BCUT2D eigenvalue weighted by Gasteiger charge is -1.98. The van der Waals surface area contributed by atoms with Gasteiger partial charge in [-0.2, -0.15) is 8.78 Å². The lowest BCUT2D eigenvalue weighted by atomic mass is 9.88. The van der Waals surface area contributed by atoms with E-state index < -0.39 is 6.61 Å². The second-order valence-electron chi connectivity index (χ2n) is 1.93. The molecule has 0 bridgehead atoms. The van der Waals surface area contributed by atoms with Gasteiger partial charge < -0.3 is 4.65 Å². The largest absolute Gasteiger partial charge is 0.383 e. The molecule has 0 aliphatic carbocycles. The predicted molar refractivity (Wildman–Crippen MR) is 38.9 cm³/mol. The van der Waals surface area contributed by atoms with Crippen molar-refractivity contribution >= 4 is 12.9 Å². The molecule has 0 unspecified atom stereocenters. The standard InChI is InChI=1S/C7H6BF2O/c9-7(10)11-8-6-4-2-1-3-5-6/h1-5,7H. The highest BCUT2D eigenvalue weighted by atomic mass is 19.3. The Bertz CT molecular complexity index is 203. The highest BCUT2D eigenvalue weighted by Gasteiger charge is 2.03. The molecule has 0 saturated heterocycles. The summed E-state index contributed by atoms with van der Waals surface area (Å²) in [6.45, 7) is -2.74. The molecular formula is C7H6BF2O. The molecule has 0 heterocycles. The SMILES string of the molecule is FC(F)O[B]c1ccccc1. The third-order valence-electron chi connectivity index (χ3n) is 1.11. The Morgan fingerprint density at radius 3 is 2.36 bits per heavy atom. The summed E-state index contributed by atoms with van der Waals surface area (Å²) in [7, 11) is 1.03. The number of hydrogen-bond acceptors (Lipinski definition) is 1. The van der Waals surface area contributed by atoms with E-state index in [1.54, 1.807) is 30.3 Å². The van der Waals surface area contributed by atoms with Gasteiger partial charge in [0.1, 0.15) is 0 Å². The third-order valence-corrected chi connectivity index (χ3v) is 1.11. The molecule has 1 nitrogen and oxygen atoms in total. The van der Waals surface area contributed by atoms with Gasteiger partial charge in [0.15, 0.2) is 0 Å². The number of hydrogen-bond donors (Lipinski definition) is 0. The molecule has 0 N–H and O–H groups in total. The summed E-state index contributed by atoms with van der Waals surface area (Å²) >= 11 is 0. The zero-order valence-electron chi connectivity index (χ0n) is 5.71. The molecule has 4 heteroatoms. The highest BCUT2D eigenvalue weighted by molar-refractivity contribution is 6.46. The van der Waals surface area contributed by atoms with Crippen molar-refractivity contribution in [3.05, 3.63) is 30.3 Å². The van der Waals surface area contributed by atoms with Gasteiger partial charge in [-0.05, 0) is 0 Å². The molecule has 0 amide bonds. The minimum atomic E-state index is -2.74. The van der Waals surface area contributed by atoms with Crippen molar-refractivity contribution in [3.8, 4) is 0 Å². The smallest absolute Gasteiger partial charge is 0.337 e. The summed E-state index contributed by atoms with van der Waals surface area (Å²) < 4.78 is 26.9. The molecule has 1 radical (unpaired) electrons. The van der Waals surface area contributed by atoms with E-state index in [9.17, 15) is 8.78 Å². The van der Waals surface area contributed by atoms with Gasteiger partial charge >= 0.3 is 14.1 Å². The topological polar surface area (TPSA) is 9.23 Å². The van der Waals surface area contributed by atoms with E-state index >= 15 is 0 Å². The van der Waals surface area contributed by atoms with Gasteiger partial charge in [-0.3, -0.25) is 0 Å². The van der Waals surface area contributed by atoms with Crippen molar-refractivity contribution in [2.75, 3.05) is 0 Å². The van der Waals surface area contributed by atoms with E-state index in [-0.39, 0.29) is 0 Å². The molecular weight excluding hydrogens is 149 g/mol. The summed E-state index contributed by atoms with van der Waals surface area (Å²) in [5, 5.41) is 0. The molecule has 57 valence electrons. The van der Waals surface area contributed by atoms with E-state index in [1.807, 2.05) is 0 Å². The van der Waals surface area contributed by atoms with Crippen molar-refractivity contribution in [2.45, 2.75) is 6.61 Å². The normalized spacial score (nSPS) is 10.1. The Hall–Kier alpha value is -0.895. The molecule has 0 aromatic heterocycles. The van der Waals surface area contributed by atoms with Crippen molar-refractivity contribution in [2.24, 2.45) is 0 Å². The van der Waals surface area contributed by atoms with Gasteiger partial charge in [0.25, 0.3) is 0 Å². The fourth-order valence-electron chi connectivity index (χ4n) is 0.662. The van der Waals surface area contributed by atoms with Gasteiger partial charge in [0, 0.05) is 0 Å². The van der Waals surface area contributed by atoms with Crippen molar-refractivity contribution < 1.29 is 13.4 Å². The van der Waals surface area contributed by atoms with Crippen LogP contribution < -0.4 is 5.46 Å². The Labute approximate surface area is 64.3 Å². The maximum atomic E-state index is 11.5. The fraction of sp³-hybridized carbons (Fsp3) is 0.143. The van der Waals surface area contributed by atoms with E-state index in [0.717, 1.165) is 7.48 Å². The van der Waals surface area contributed by atoms with Crippen LogP contribution in [0.25, 0.3) is 0 Å². The van der Waals surface area contributed by atoms with Crippen LogP contribution in [0, 0.1) is 0 Å². The minimum absolute atomic E-state index is 0.632. The number of halogens is 2. The predicted octanol–water partition coefficient (Wildman–Crippen LogP) is 1.17. The van der Waals surface area contributed by atoms with Crippen LogP contribution in [0.5, 0.6) is 0 Å². The first-order chi connectivity index (χ1) is 5.29. The average Bonchev–Trinajstić information content (AvgIpc) is 2.03. The van der Waals surface area contributed by atoms with Crippen LogP contribution in [0.1, 0.15) is 0 Å². The molecule has 0 fully saturated rings. The van der Waals surface area contributed by atoms with Crippen LogP contribution in [0.2, 0.25) is 0 Å². The van der Waals surface area contributed by atoms with Crippen LogP contribution in [-0.2, 0) is 4.65 Å². The summed E-state index contributed by atoms with van der Waals surface area (Å²) in [6.07, 6.45) is 0. The number of alkyl halides is 2. The number of rotatable bonds is 3. The van der Waals surface area contributed by atoms with Crippen molar-refractivity contribution in [3.63, 3.8) is 0 Å². The lowest BCUT2D eigenvalue weighted by molar-refractivity contribution is -0.0470. The Morgan fingerprint density at radius 2 is 1.82 bits per heavy atom. The summed E-state index contributed by atoms with van der Waals surface area (Å²) in [4.78, 5) is 0. The van der Waals surface area contributed by atoms with E-state index in [4.69, 9.17) is 0 Å². The quantitative estimate of drug-likeness (QED) is 0.595. The average molecular weight is 155 g/mol. The second-order valence-corrected chi connectivity index (χ2v) is 1.93. The minimum Gasteiger partial charge on any atom is -0.383 e. The van der Waals surface area contributed by atoms with Gasteiger partial charge in [-0.15, -0.1) is 0 Å². The first-order valence-corrected chi connectivity index (χ1v) is 3.11. The molecule has 1 aromatic carbocycles. The molecule has 1 aromatic rings. The fourth-order valence-corrected chi connectivity index (χ4v) is 0.662. The molecule has 0 saturated carbocycles. The zero-order valence-corrected chi connectivity index (χ0v) is 5.71. The van der Waals surface area contributed by atoms with Crippen LogP contribution in [0.15, 0.2) is 30.3 Å². The highest BCUT2D eigenvalue weighted by Crippen LogP contribution is 1.92. The lowest BCUT2D eigenvalue weighted by Crippen LogP contribution is -2.19. The molecule has 0 spiro atoms. The van der Waals surface area contributed by atoms with Crippen LogP contribution in [0.3, 0.4) is 0 Å². The molecule has 1 rings (SSSR count). The van der Waals surface area contributed by atoms with E-state index in [2.05, 4.69) is 4.65 Å². The van der Waals surface area contributed by atoms with Crippen molar-refractivity contribution in [1.29, 1.82) is 0 Å². The summed E-state index contributed by atoms with van der Waals surface area (Å²) in [5.41, 5.74) is 0.632. The van der Waals surface area contributed by atoms with Gasteiger partial charge in [0.05, 0.1) is 0 Å². The Kier molecular flexibility index (Phi) is 3.04. The van der Waals surface area contributed by atoms with Crippen LogP contribution in [-0.4, -0.2) is 14.1 Å². The van der Waals surface area contributed by atoms with Crippen LogP contribution >= 0.6 is 0 Å². The first kappa shape index (κ1) is 8.20. The van der Waals surface area contributed by atoms with Gasteiger partial charge in [-0.1, -0.05) is 35.8 Å².